The van der Waals surface area contributed by atoms with Crippen LogP contribution in [0.25, 0.3) is 5.76 Å². The Labute approximate surface area is 90.3 Å². The molecule has 0 unspecified atom stereocenters. The molecule has 0 N–H and O–H groups in total. The average Bonchev–Trinajstić information content (AvgIpc) is 2.25. The van der Waals surface area contributed by atoms with E-state index >= 15 is 0 Å². The highest BCUT2D eigenvalue weighted by atomic mass is 16.6. The van der Waals surface area contributed by atoms with E-state index in [4.69, 9.17) is 0 Å². The van der Waals surface area contributed by atoms with Crippen molar-refractivity contribution in [2.24, 2.45) is 0 Å². The van der Waals surface area contributed by atoms with Gasteiger partial charge < -0.3 is 4.74 Å². The molecule has 1 aromatic carbocycles. The van der Waals surface area contributed by atoms with Gasteiger partial charge in [0.05, 0.1) is 4.92 Å². The van der Waals surface area contributed by atoms with Crippen molar-refractivity contribution in [2.45, 2.75) is 6.92 Å². The van der Waals surface area contributed by atoms with Crippen molar-refractivity contribution in [1.82, 2.24) is 0 Å². The molecule has 0 amide bonds. The molecule has 0 bridgehead atoms. The highest BCUT2D eigenvalue weighted by molar-refractivity contribution is 5.89. The number of nitro benzene ring substituents is 1. The Balaban J connectivity index is 3.00. The van der Waals surface area contributed by atoms with E-state index in [-0.39, 0.29) is 17.0 Å². The zero-order chi connectivity index (χ0) is 12.1. The average molecular weight is 221 g/mol. The third-order valence-corrected chi connectivity index (χ3v) is 1.68. The van der Waals surface area contributed by atoms with E-state index in [1.165, 1.54) is 30.2 Å². The number of hydrogen-bond donors (Lipinski definition) is 0. The fraction of sp³-hybridized carbons (Fsp3) is 0.100. The Morgan fingerprint density at radius 3 is 2.31 bits per heavy atom. The van der Waals surface area contributed by atoms with Gasteiger partial charge in [0.2, 0.25) is 5.76 Å². The Bertz CT molecular complexity index is 470. The van der Waals surface area contributed by atoms with Crippen LogP contribution in [-0.2, 0) is 14.3 Å². The van der Waals surface area contributed by atoms with Crippen molar-refractivity contribution < 1.29 is 19.2 Å². The maximum absolute atomic E-state index is 10.6. The second-order valence-corrected chi connectivity index (χ2v) is 2.83. The fourth-order valence-electron chi connectivity index (χ4n) is 1.02. The van der Waals surface area contributed by atoms with Crippen LogP contribution >= 0.6 is 0 Å². The zero-order valence-electron chi connectivity index (χ0n) is 8.30. The summed E-state index contributed by atoms with van der Waals surface area (Å²) in [4.78, 5) is 30.9. The first-order chi connectivity index (χ1) is 7.54. The molecule has 0 radical (unpaired) electrons. The van der Waals surface area contributed by atoms with E-state index < -0.39 is 10.9 Å². The summed E-state index contributed by atoms with van der Waals surface area (Å²) in [5.74, 6) is 0.507. The maximum Gasteiger partial charge on any atom is 0.308 e. The number of esters is 1. The van der Waals surface area contributed by atoms with Crippen molar-refractivity contribution in [3.8, 4) is 0 Å². The SMILES string of the molecule is CC(=O)OC(=C=O)c1ccc([N+](=O)[O-])cc1. The molecule has 82 valence electrons. The van der Waals surface area contributed by atoms with Crippen LogP contribution in [0.15, 0.2) is 24.3 Å². The molecule has 0 saturated carbocycles. The molecule has 6 nitrogen and oxygen atoms in total. The van der Waals surface area contributed by atoms with Gasteiger partial charge in [0.1, 0.15) is 0 Å². The lowest BCUT2D eigenvalue weighted by Gasteiger charge is -2.01. The second kappa shape index (κ2) is 4.86. The van der Waals surface area contributed by atoms with Crippen LogP contribution in [0.1, 0.15) is 12.5 Å². The van der Waals surface area contributed by atoms with Gasteiger partial charge in [-0.2, -0.15) is 0 Å². The Morgan fingerprint density at radius 2 is 1.94 bits per heavy atom. The number of ether oxygens (including phenoxy) is 1. The predicted molar refractivity (Wildman–Crippen MR) is 54.0 cm³/mol. The minimum Gasteiger partial charge on any atom is -0.414 e. The number of hydrogen-bond acceptors (Lipinski definition) is 5. The smallest absolute Gasteiger partial charge is 0.308 e. The lowest BCUT2D eigenvalue weighted by Crippen LogP contribution is -1.99. The van der Waals surface area contributed by atoms with Crippen molar-refractivity contribution in [3.63, 3.8) is 0 Å². The number of non-ortho nitro benzene ring substituents is 1. The molecule has 6 heteroatoms. The summed E-state index contributed by atoms with van der Waals surface area (Å²) in [5, 5.41) is 10.4. The third kappa shape index (κ3) is 2.76. The minimum absolute atomic E-state index is 0.114. The van der Waals surface area contributed by atoms with E-state index in [1.54, 1.807) is 0 Å². The van der Waals surface area contributed by atoms with Gasteiger partial charge in [-0.3, -0.25) is 14.9 Å². The molecule has 0 aliphatic heterocycles. The molecule has 0 aliphatic carbocycles. The summed E-state index contributed by atoms with van der Waals surface area (Å²) in [6.07, 6.45) is 0. The number of carbonyl (C=O) groups is 1. The van der Waals surface area contributed by atoms with Crippen LogP contribution in [0.3, 0.4) is 0 Å². The first kappa shape index (κ1) is 11.6. The number of benzene rings is 1. The molecule has 0 fully saturated rings. The first-order valence-electron chi connectivity index (χ1n) is 4.23. The summed E-state index contributed by atoms with van der Waals surface area (Å²) < 4.78 is 4.57. The van der Waals surface area contributed by atoms with Crippen molar-refractivity contribution in [3.05, 3.63) is 39.9 Å². The van der Waals surface area contributed by atoms with Gasteiger partial charge in [-0.15, -0.1) is 0 Å². The molecule has 0 spiro atoms. The summed E-state index contributed by atoms with van der Waals surface area (Å²) >= 11 is 0. The summed E-state index contributed by atoms with van der Waals surface area (Å²) in [7, 11) is 0. The largest absolute Gasteiger partial charge is 0.414 e. The molecule has 0 atom stereocenters. The predicted octanol–water partition coefficient (Wildman–Crippen LogP) is 1.33. The van der Waals surface area contributed by atoms with Gasteiger partial charge in [0.25, 0.3) is 5.69 Å². The molecular formula is C10H7NO5. The topological polar surface area (TPSA) is 86.5 Å². The molecule has 0 aliphatic rings. The summed E-state index contributed by atoms with van der Waals surface area (Å²) in [5.41, 5.74) is 0.146. The van der Waals surface area contributed by atoms with Crippen LogP contribution in [0.4, 0.5) is 5.69 Å². The van der Waals surface area contributed by atoms with Gasteiger partial charge in [-0.25, -0.2) is 4.79 Å². The van der Waals surface area contributed by atoms with Crippen molar-refractivity contribution in [1.29, 1.82) is 0 Å². The number of carbonyl (C=O) groups excluding carboxylic acids is 2. The maximum atomic E-state index is 10.6. The second-order valence-electron chi connectivity index (χ2n) is 2.83. The zero-order valence-corrected chi connectivity index (χ0v) is 8.30. The highest BCUT2D eigenvalue weighted by Gasteiger charge is 2.10. The summed E-state index contributed by atoms with van der Waals surface area (Å²) in [6.45, 7) is 1.14. The quantitative estimate of drug-likeness (QED) is 0.252. The molecule has 16 heavy (non-hydrogen) atoms. The molecular weight excluding hydrogens is 214 g/mol. The van der Waals surface area contributed by atoms with Crippen LogP contribution in [0, 0.1) is 10.1 Å². The standard InChI is InChI=1S/C10H7NO5/c1-7(13)16-10(6-12)8-2-4-9(5-3-8)11(14)15/h2-5H,1H3. The van der Waals surface area contributed by atoms with Crippen LogP contribution < -0.4 is 0 Å². The van der Waals surface area contributed by atoms with Gasteiger partial charge in [0.15, 0.2) is 5.94 Å². The number of rotatable bonds is 3. The van der Waals surface area contributed by atoms with E-state index in [0.29, 0.717) is 0 Å². The van der Waals surface area contributed by atoms with E-state index in [1.807, 2.05) is 0 Å². The Kier molecular flexibility index (Phi) is 3.53. The minimum atomic E-state index is -0.656. The molecule has 0 heterocycles. The van der Waals surface area contributed by atoms with Crippen molar-refractivity contribution in [2.75, 3.05) is 0 Å². The summed E-state index contributed by atoms with van der Waals surface area (Å²) in [6, 6.07) is 5.02. The molecule has 1 rings (SSSR count). The number of nitrogens with zero attached hydrogens (tertiary/aromatic N) is 1. The van der Waals surface area contributed by atoms with Crippen LogP contribution in [-0.4, -0.2) is 16.8 Å². The van der Waals surface area contributed by atoms with E-state index in [2.05, 4.69) is 4.74 Å². The van der Waals surface area contributed by atoms with Crippen LogP contribution in [0.5, 0.6) is 0 Å². The number of nitro groups is 1. The van der Waals surface area contributed by atoms with Gasteiger partial charge in [-0.1, -0.05) is 0 Å². The van der Waals surface area contributed by atoms with E-state index in [0.717, 1.165) is 6.92 Å². The Hall–Kier alpha value is -2.46. The van der Waals surface area contributed by atoms with Gasteiger partial charge in [0, 0.05) is 24.6 Å². The van der Waals surface area contributed by atoms with Gasteiger partial charge >= 0.3 is 5.97 Å². The molecule has 1 aromatic rings. The van der Waals surface area contributed by atoms with Crippen LogP contribution in [0.2, 0.25) is 0 Å². The molecule has 0 aromatic heterocycles. The highest BCUT2D eigenvalue weighted by Crippen LogP contribution is 2.17. The third-order valence-electron chi connectivity index (χ3n) is 1.68. The molecule has 0 saturated heterocycles. The van der Waals surface area contributed by atoms with Crippen molar-refractivity contribution >= 4 is 23.4 Å². The normalized spacial score (nSPS) is 9.06. The van der Waals surface area contributed by atoms with Gasteiger partial charge in [-0.05, 0) is 12.1 Å². The lowest BCUT2D eigenvalue weighted by atomic mass is 10.2. The first-order valence-corrected chi connectivity index (χ1v) is 4.23. The fourth-order valence-corrected chi connectivity index (χ4v) is 1.02. The Morgan fingerprint density at radius 1 is 1.38 bits per heavy atom. The van der Waals surface area contributed by atoms with E-state index in [9.17, 15) is 19.7 Å². The monoisotopic (exact) mass is 221 g/mol. The lowest BCUT2D eigenvalue weighted by molar-refractivity contribution is -0.384.